The molecule has 0 bridgehead atoms. The fraction of sp³-hybridized carbons (Fsp3) is 0.545. The molecule has 1 aromatic rings. The first kappa shape index (κ1) is 8.70. The highest BCUT2D eigenvalue weighted by Crippen LogP contribution is 2.33. The monoisotopic (exact) mass is 177 g/mol. The van der Waals surface area contributed by atoms with Crippen LogP contribution in [0.1, 0.15) is 24.1 Å². The minimum atomic E-state index is -0.172. The van der Waals surface area contributed by atoms with Crippen LogP contribution in [0.25, 0.3) is 0 Å². The Morgan fingerprint density at radius 1 is 1.62 bits per heavy atom. The Labute approximate surface area is 78.6 Å². The number of aliphatic hydroxyl groups excluding tert-OH is 1. The third-order valence-corrected chi connectivity index (χ3v) is 2.56. The number of aryl methyl sites for hydroxylation is 1. The molecule has 2 rings (SSSR count). The van der Waals surface area contributed by atoms with E-state index in [4.69, 9.17) is 0 Å². The molecule has 1 unspecified atom stereocenters. The van der Waals surface area contributed by atoms with E-state index < -0.39 is 0 Å². The van der Waals surface area contributed by atoms with Crippen LogP contribution in [0.2, 0.25) is 0 Å². The van der Waals surface area contributed by atoms with Crippen molar-refractivity contribution in [1.82, 2.24) is 4.98 Å². The molecule has 0 saturated heterocycles. The quantitative estimate of drug-likeness (QED) is 0.762. The zero-order valence-corrected chi connectivity index (χ0v) is 7.90. The second kappa shape index (κ2) is 3.46. The van der Waals surface area contributed by atoms with E-state index in [-0.39, 0.29) is 6.10 Å². The van der Waals surface area contributed by atoms with E-state index in [0.717, 1.165) is 5.69 Å². The fourth-order valence-corrected chi connectivity index (χ4v) is 1.57. The lowest BCUT2D eigenvalue weighted by Crippen LogP contribution is -2.13. The number of aliphatic hydroxyl groups is 1. The number of rotatable bonds is 3. The largest absolute Gasteiger partial charge is 0.392 e. The molecule has 13 heavy (non-hydrogen) atoms. The molecule has 1 N–H and O–H groups in total. The van der Waals surface area contributed by atoms with Crippen molar-refractivity contribution in [1.29, 1.82) is 0 Å². The second-order valence-corrected chi connectivity index (χ2v) is 3.93. The maximum atomic E-state index is 9.69. The van der Waals surface area contributed by atoms with Gasteiger partial charge in [0.05, 0.1) is 6.10 Å². The molecule has 1 heterocycles. The van der Waals surface area contributed by atoms with E-state index in [2.05, 4.69) is 11.9 Å². The fourth-order valence-electron chi connectivity index (χ4n) is 1.57. The van der Waals surface area contributed by atoms with Crippen LogP contribution >= 0.6 is 0 Å². The Balaban J connectivity index is 2.00. The first-order valence-electron chi connectivity index (χ1n) is 4.85. The molecule has 0 aromatic carbocycles. The lowest BCUT2D eigenvalue weighted by atomic mass is 10.1. The van der Waals surface area contributed by atoms with Gasteiger partial charge in [0.15, 0.2) is 0 Å². The van der Waals surface area contributed by atoms with Crippen molar-refractivity contribution in [3.05, 3.63) is 29.6 Å². The third kappa shape index (κ3) is 2.28. The van der Waals surface area contributed by atoms with Crippen LogP contribution < -0.4 is 0 Å². The van der Waals surface area contributed by atoms with Crippen molar-refractivity contribution in [2.45, 2.75) is 32.3 Å². The average Bonchev–Trinajstić information content (AvgIpc) is 2.85. The van der Waals surface area contributed by atoms with E-state index in [1.54, 1.807) is 0 Å². The predicted molar refractivity (Wildman–Crippen MR) is 51.4 cm³/mol. The minimum Gasteiger partial charge on any atom is -0.392 e. The van der Waals surface area contributed by atoms with Gasteiger partial charge in [0.2, 0.25) is 0 Å². The minimum absolute atomic E-state index is 0.172. The van der Waals surface area contributed by atoms with Crippen molar-refractivity contribution in [3.63, 3.8) is 0 Å². The lowest BCUT2D eigenvalue weighted by Gasteiger charge is -2.08. The summed E-state index contributed by atoms with van der Waals surface area (Å²) in [6.07, 6.45) is 4.73. The normalized spacial score (nSPS) is 18.6. The molecule has 1 aliphatic rings. The summed E-state index contributed by atoms with van der Waals surface area (Å²) in [5.41, 5.74) is 2.23. The molecule has 0 radical (unpaired) electrons. The van der Waals surface area contributed by atoms with Gasteiger partial charge in [0, 0.05) is 18.3 Å². The molecule has 1 aromatic heterocycles. The van der Waals surface area contributed by atoms with Gasteiger partial charge in [-0.25, -0.2) is 0 Å². The van der Waals surface area contributed by atoms with Gasteiger partial charge in [0.1, 0.15) is 0 Å². The molecule has 70 valence electrons. The van der Waals surface area contributed by atoms with Crippen molar-refractivity contribution in [3.8, 4) is 0 Å². The van der Waals surface area contributed by atoms with Crippen molar-refractivity contribution in [2.75, 3.05) is 0 Å². The van der Waals surface area contributed by atoms with Gasteiger partial charge < -0.3 is 5.11 Å². The first-order valence-corrected chi connectivity index (χ1v) is 4.85. The van der Waals surface area contributed by atoms with Crippen molar-refractivity contribution < 1.29 is 5.11 Å². The van der Waals surface area contributed by atoms with Crippen LogP contribution in [0.5, 0.6) is 0 Å². The van der Waals surface area contributed by atoms with Gasteiger partial charge in [-0.15, -0.1) is 0 Å². The van der Waals surface area contributed by atoms with Crippen LogP contribution in [0.15, 0.2) is 18.3 Å². The Kier molecular flexibility index (Phi) is 2.32. The molecule has 0 spiro atoms. The first-order chi connectivity index (χ1) is 6.25. The summed E-state index contributed by atoms with van der Waals surface area (Å²) < 4.78 is 0. The SMILES string of the molecule is Cc1ccnc(CC(O)C2CC2)c1. The third-order valence-electron chi connectivity index (χ3n) is 2.56. The number of hydrogen-bond acceptors (Lipinski definition) is 2. The maximum absolute atomic E-state index is 9.69. The van der Waals surface area contributed by atoms with Gasteiger partial charge in [-0.3, -0.25) is 4.98 Å². The van der Waals surface area contributed by atoms with Crippen LogP contribution in [-0.2, 0) is 6.42 Å². The maximum Gasteiger partial charge on any atom is 0.0623 e. The highest BCUT2D eigenvalue weighted by Gasteiger charge is 2.29. The Hall–Kier alpha value is -0.890. The van der Waals surface area contributed by atoms with Gasteiger partial charge >= 0.3 is 0 Å². The highest BCUT2D eigenvalue weighted by atomic mass is 16.3. The predicted octanol–water partition coefficient (Wildman–Crippen LogP) is 1.70. The van der Waals surface area contributed by atoms with E-state index in [1.807, 2.05) is 18.3 Å². The molecule has 0 aliphatic heterocycles. The molecule has 1 atom stereocenters. The Morgan fingerprint density at radius 3 is 3.00 bits per heavy atom. The second-order valence-electron chi connectivity index (χ2n) is 3.93. The van der Waals surface area contributed by atoms with E-state index in [1.165, 1.54) is 18.4 Å². The van der Waals surface area contributed by atoms with Gasteiger partial charge in [-0.2, -0.15) is 0 Å². The Bertz CT molecular complexity index is 294. The summed E-state index contributed by atoms with van der Waals surface area (Å²) >= 11 is 0. The highest BCUT2D eigenvalue weighted by molar-refractivity contribution is 5.15. The lowest BCUT2D eigenvalue weighted by molar-refractivity contribution is 0.150. The van der Waals surface area contributed by atoms with E-state index >= 15 is 0 Å². The van der Waals surface area contributed by atoms with Gasteiger partial charge in [-0.1, -0.05) is 0 Å². The van der Waals surface area contributed by atoms with Gasteiger partial charge in [-0.05, 0) is 43.4 Å². The van der Waals surface area contributed by atoms with Crippen LogP contribution in [0.4, 0.5) is 0 Å². The molecule has 2 heteroatoms. The van der Waals surface area contributed by atoms with Crippen molar-refractivity contribution >= 4 is 0 Å². The Morgan fingerprint density at radius 2 is 2.38 bits per heavy atom. The van der Waals surface area contributed by atoms with E-state index in [0.29, 0.717) is 12.3 Å². The van der Waals surface area contributed by atoms with E-state index in [9.17, 15) is 5.11 Å². The zero-order chi connectivity index (χ0) is 9.26. The number of hydrogen-bond donors (Lipinski definition) is 1. The molecule has 2 nitrogen and oxygen atoms in total. The van der Waals surface area contributed by atoms with Crippen LogP contribution in [0, 0.1) is 12.8 Å². The topological polar surface area (TPSA) is 33.1 Å². The summed E-state index contributed by atoms with van der Waals surface area (Å²) in [6.45, 7) is 2.05. The molecule has 0 amide bonds. The molecule has 1 aliphatic carbocycles. The number of nitrogens with zero attached hydrogens (tertiary/aromatic N) is 1. The van der Waals surface area contributed by atoms with Gasteiger partial charge in [0.25, 0.3) is 0 Å². The molecule has 1 saturated carbocycles. The summed E-state index contributed by atoms with van der Waals surface area (Å²) in [5.74, 6) is 0.544. The summed E-state index contributed by atoms with van der Waals surface area (Å²) in [7, 11) is 0. The standard InChI is InChI=1S/C11H15NO/c1-8-4-5-12-10(6-8)7-11(13)9-2-3-9/h4-6,9,11,13H,2-3,7H2,1H3. The van der Waals surface area contributed by atoms with Crippen LogP contribution in [-0.4, -0.2) is 16.2 Å². The molecule has 1 fully saturated rings. The molecular formula is C11H15NO. The summed E-state index contributed by atoms with van der Waals surface area (Å²) in [6, 6.07) is 4.03. The summed E-state index contributed by atoms with van der Waals surface area (Å²) in [4.78, 5) is 4.23. The van der Waals surface area contributed by atoms with Crippen molar-refractivity contribution in [2.24, 2.45) is 5.92 Å². The number of aromatic nitrogens is 1. The van der Waals surface area contributed by atoms with Crippen LogP contribution in [0.3, 0.4) is 0 Å². The average molecular weight is 177 g/mol. The smallest absolute Gasteiger partial charge is 0.0623 e. The number of pyridine rings is 1. The zero-order valence-electron chi connectivity index (χ0n) is 7.90. The summed E-state index contributed by atoms with van der Waals surface area (Å²) in [5, 5.41) is 9.69. The molecular weight excluding hydrogens is 162 g/mol.